The summed E-state index contributed by atoms with van der Waals surface area (Å²) in [7, 11) is 0. The van der Waals surface area contributed by atoms with Crippen LogP contribution in [0.5, 0.6) is 5.75 Å². The summed E-state index contributed by atoms with van der Waals surface area (Å²) >= 11 is 0. The summed E-state index contributed by atoms with van der Waals surface area (Å²) < 4.78 is 6.40. The molecule has 0 unspecified atom stereocenters. The number of hydrogen-bond acceptors (Lipinski definition) is 5. The number of aromatic nitrogens is 2. The minimum absolute atomic E-state index is 0. The molecule has 10 heteroatoms. The number of nitrogens with zero attached hydrogens (tertiary/aromatic N) is 4. The number of rotatable bonds is 9. The maximum absolute atomic E-state index is 13.9. The molecule has 2 saturated carbocycles. The molecule has 2 amide bonds. The van der Waals surface area contributed by atoms with E-state index >= 15 is 0 Å². The van der Waals surface area contributed by atoms with E-state index in [-0.39, 0.29) is 30.1 Å². The molecule has 2 aliphatic heterocycles. The van der Waals surface area contributed by atoms with Gasteiger partial charge in [-0.05, 0) is 48.9 Å². The third-order valence-corrected chi connectivity index (χ3v) is 9.26. The lowest BCUT2D eigenvalue weighted by Crippen LogP contribution is -3.00. The highest BCUT2D eigenvalue weighted by Gasteiger charge is 2.55. The smallest absolute Gasteiger partial charge is 0.267 e. The van der Waals surface area contributed by atoms with Crippen molar-refractivity contribution in [3.05, 3.63) is 66.5 Å². The summed E-state index contributed by atoms with van der Waals surface area (Å²) in [5.74, 6) is 1.13. The fourth-order valence-electron chi connectivity index (χ4n) is 6.51. The normalized spacial score (nSPS) is 21.1. The lowest BCUT2D eigenvalue weighted by atomic mass is 9.95. The number of piperazine rings is 1. The third kappa shape index (κ3) is 6.53. The molecule has 0 radical (unpaired) electrons. The van der Waals surface area contributed by atoms with Gasteiger partial charge in [-0.2, -0.15) is 5.10 Å². The van der Waals surface area contributed by atoms with Gasteiger partial charge in [0, 0.05) is 62.0 Å². The summed E-state index contributed by atoms with van der Waals surface area (Å²) in [6.07, 6.45) is 9.34. The molecule has 2 saturated heterocycles. The Morgan fingerprint density at radius 1 is 1.02 bits per heavy atom. The Morgan fingerprint density at radius 3 is 2.51 bits per heavy atom. The molecule has 1 aromatic heterocycles. The van der Waals surface area contributed by atoms with E-state index in [1.807, 2.05) is 29.4 Å². The largest absolute Gasteiger partial charge is 1.00 e. The molecule has 4 aliphatic rings. The minimum atomic E-state index is -0.697. The summed E-state index contributed by atoms with van der Waals surface area (Å²) in [5.41, 5.74) is 3.71. The van der Waals surface area contributed by atoms with Crippen molar-refractivity contribution in [2.45, 2.75) is 56.7 Å². The fourth-order valence-corrected chi connectivity index (χ4v) is 6.51. The summed E-state index contributed by atoms with van der Waals surface area (Å²) in [6, 6.07) is 17.0. The van der Waals surface area contributed by atoms with E-state index in [0.29, 0.717) is 19.1 Å². The van der Waals surface area contributed by atoms with Crippen LogP contribution in [0.4, 0.5) is 5.69 Å². The van der Waals surface area contributed by atoms with Crippen LogP contribution in [0, 0.1) is 5.92 Å². The molecule has 9 nitrogen and oxygen atoms in total. The Bertz CT molecular complexity index is 1400. The van der Waals surface area contributed by atoms with Crippen molar-refractivity contribution < 1.29 is 32.0 Å². The van der Waals surface area contributed by atoms with Gasteiger partial charge in [0.1, 0.15) is 5.75 Å². The van der Waals surface area contributed by atoms with Crippen LogP contribution < -0.4 is 27.4 Å². The summed E-state index contributed by atoms with van der Waals surface area (Å²) in [5, 5.41) is 9.17. The van der Waals surface area contributed by atoms with E-state index in [4.69, 9.17) is 4.74 Å². The van der Waals surface area contributed by atoms with E-state index in [1.54, 1.807) is 0 Å². The van der Waals surface area contributed by atoms with Gasteiger partial charge < -0.3 is 37.2 Å². The van der Waals surface area contributed by atoms with Crippen LogP contribution in [0.15, 0.2) is 60.9 Å². The number of nitrogens with two attached hydrogens (primary N) is 1. The van der Waals surface area contributed by atoms with Gasteiger partial charge in [-0.25, -0.2) is 0 Å². The third-order valence-electron chi connectivity index (χ3n) is 9.26. The molecule has 4 fully saturated rings. The zero-order chi connectivity index (χ0) is 28.5. The van der Waals surface area contributed by atoms with Gasteiger partial charge in [-0.1, -0.05) is 30.3 Å². The van der Waals surface area contributed by atoms with Crippen LogP contribution in [-0.2, 0) is 16.1 Å². The molecular formula is C33H41ClN6O3. The maximum atomic E-state index is 13.9. The van der Waals surface area contributed by atoms with Crippen LogP contribution in [0.1, 0.15) is 44.1 Å². The predicted molar refractivity (Wildman–Crippen MR) is 160 cm³/mol. The minimum Gasteiger partial charge on any atom is -1.00 e. The predicted octanol–water partition coefficient (Wildman–Crippen LogP) is -0.195. The van der Waals surface area contributed by atoms with E-state index in [9.17, 15) is 9.59 Å². The molecule has 2 aliphatic carbocycles. The van der Waals surface area contributed by atoms with Crippen molar-refractivity contribution in [2.24, 2.45) is 5.92 Å². The van der Waals surface area contributed by atoms with Crippen LogP contribution in [0.2, 0.25) is 0 Å². The Morgan fingerprint density at radius 2 is 1.81 bits per heavy atom. The van der Waals surface area contributed by atoms with Crippen LogP contribution in [-0.4, -0.2) is 82.7 Å². The van der Waals surface area contributed by atoms with E-state index < -0.39 is 5.60 Å². The Hall–Kier alpha value is -3.56. The summed E-state index contributed by atoms with van der Waals surface area (Å²) in [4.78, 5) is 33.6. The molecule has 228 valence electrons. The van der Waals surface area contributed by atoms with E-state index in [0.717, 1.165) is 99.4 Å². The second-order valence-corrected chi connectivity index (χ2v) is 12.4. The fraction of sp³-hybridized carbons (Fsp3) is 0.485. The summed E-state index contributed by atoms with van der Waals surface area (Å²) in [6.45, 7) is 5.79. The molecule has 3 N–H and O–H groups in total. The number of quaternary nitrogens is 1. The zero-order valence-electron chi connectivity index (χ0n) is 24.6. The van der Waals surface area contributed by atoms with Gasteiger partial charge in [0.2, 0.25) is 5.91 Å². The van der Waals surface area contributed by atoms with Crippen LogP contribution >= 0.6 is 0 Å². The lowest BCUT2D eigenvalue weighted by Gasteiger charge is -2.36. The maximum Gasteiger partial charge on any atom is 0.267 e. The van der Waals surface area contributed by atoms with Crippen molar-refractivity contribution in [1.29, 1.82) is 0 Å². The molecule has 7 rings (SSSR count). The lowest BCUT2D eigenvalue weighted by molar-refractivity contribution is -0.662. The van der Waals surface area contributed by atoms with Gasteiger partial charge >= 0.3 is 0 Å². The molecular weight excluding hydrogens is 564 g/mol. The standard InChI is InChI=1S/C33H40N6O3.ClH/c40-31(39(28-10-11-28)22-24-6-8-25(9-7-24)27-20-35-36-21-27)26-3-2-16-38(23-26)29-4-1-5-30(19-29)42-33(12-13-33)32(41)37-17-14-34-15-18-37;/h1,4-9,19-21,26,28,34H,2-3,10-18,22-23H2,(H,35,36);1H/t26-;/m1./s1. The Labute approximate surface area is 259 Å². The zero-order valence-corrected chi connectivity index (χ0v) is 25.3. The number of piperidine rings is 1. The number of ether oxygens (including phenoxy) is 1. The number of aromatic amines is 1. The first kappa shape index (κ1) is 29.5. The molecule has 0 bridgehead atoms. The number of hydrogen-bond donors (Lipinski definition) is 2. The van der Waals surface area contributed by atoms with E-state index in [1.165, 1.54) is 0 Å². The first-order chi connectivity index (χ1) is 20.6. The number of anilines is 1. The second kappa shape index (κ2) is 12.6. The molecule has 1 atom stereocenters. The average Bonchev–Trinajstić information content (AvgIpc) is 3.98. The van der Waals surface area contributed by atoms with Gasteiger partial charge in [0.05, 0.1) is 38.3 Å². The number of amides is 2. The van der Waals surface area contributed by atoms with Gasteiger partial charge in [-0.3, -0.25) is 14.7 Å². The molecule has 3 heterocycles. The Kier molecular flexibility index (Phi) is 8.63. The number of nitrogens with one attached hydrogen (secondary N) is 1. The van der Waals surface area contributed by atoms with Crippen LogP contribution in [0.25, 0.3) is 11.1 Å². The van der Waals surface area contributed by atoms with Crippen LogP contribution in [0.3, 0.4) is 0 Å². The highest BCUT2D eigenvalue weighted by molar-refractivity contribution is 5.88. The number of carbonyl (C=O) groups excluding carboxylic acids is 2. The van der Waals surface area contributed by atoms with Gasteiger partial charge in [-0.15, -0.1) is 0 Å². The quantitative estimate of drug-likeness (QED) is 0.353. The first-order valence-corrected chi connectivity index (χ1v) is 15.6. The SMILES string of the molecule is O=C([C@@H]1CCCN(c2cccc(OC3(C(=O)N4CC[NH2+]CC4)CC3)c2)C1)N(Cc1ccc(-c2cn[nH]c2)cc1)C1CC1.[Cl-]. The van der Waals surface area contributed by atoms with Gasteiger partial charge in [0.15, 0.2) is 5.60 Å². The Balaban J connectivity index is 0.00000329. The van der Waals surface area contributed by atoms with E-state index in [2.05, 4.69) is 61.7 Å². The van der Waals surface area contributed by atoms with Crippen molar-refractivity contribution in [1.82, 2.24) is 20.0 Å². The van der Waals surface area contributed by atoms with Crippen molar-refractivity contribution in [3.8, 4) is 16.9 Å². The van der Waals surface area contributed by atoms with Crippen molar-refractivity contribution >= 4 is 17.5 Å². The second-order valence-electron chi connectivity index (χ2n) is 12.4. The monoisotopic (exact) mass is 604 g/mol. The molecule has 43 heavy (non-hydrogen) atoms. The van der Waals surface area contributed by atoms with Crippen molar-refractivity contribution in [2.75, 3.05) is 44.2 Å². The topological polar surface area (TPSA) is 98.4 Å². The van der Waals surface area contributed by atoms with Crippen molar-refractivity contribution in [3.63, 3.8) is 0 Å². The van der Waals surface area contributed by atoms with Gasteiger partial charge in [0.25, 0.3) is 5.91 Å². The number of carbonyl (C=O) groups is 2. The average molecular weight is 605 g/mol. The number of H-pyrrole nitrogens is 1. The number of halogens is 1. The molecule has 0 spiro atoms. The number of benzene rings is 2. The molecule has 2 aromatic carbocycles. The first-order valence-electron chi connectivity index (χ1n) is 15.6. The molecule has 3 aromatic rings. The highest BCUT2D eigenvalue weighted by Crippen LogP contribution is 2.43. The highest BCUT2D eigenvalue weighted by atomic mass is 35.5.